The molecule has 0 radical (unpaired) electrons. The average molecular weight is 294 g/mol. The molecule has 0 aliphatic heterocycles. The number of methoxy groups -OCH3 is 1. The van der Waals surface area contributed by atoms with Gasteiger partial charge in [0.1, 0.15) is 5.75 Å². The van der Waals surface area contributed by atoms with Crippen LogP contribution in [-0.4, -0.2) is 13.0 Å². The van der Waals surface area contributed by atoms with Crippen LogP contribution in [-0.2, 0) is 0 Å². The first kappa shape index (κ1) is 13.8. The van der Waals surface area contributed by atoms with Crippen molar-refractivity contribution in [2.24, 2.45) is 0 Å². The molecule has 0 fully saturated rings. The van der Waals surface area contributed by atoms with Gasteiger partial charge in [0, 0.05) is 16.5 Å². The van der Waals surface area contributed by atoms with E-state index in [9.17, 15) is 4.79 Å². The minimum absolute atomic E-state index is 0.233. The Morgan fingerprint density at radius 2 is 1.89 bits per heavy atom. The zero-order valence-corrected chi connectivity index (χ0v) is 11.8. The normalized spacial score (nSPS) is 10.1. The van der Waals surface area contributed by atoms with E-state index in [0.717, 1.165) is 4.90 Å². The quantitative estimate of drug-likeness (QED) is 0.843. The zero-order chi connectivity index (χ0) is 13.8. The number of anilines is 1. The molecule has 1 amide bonds. The number of ether oxygens (including phenoxy) is 1. The van der Waals surface area contributed by atoms with Crippen molar-refractivity contribution < 1.29 is 9.53 Å². The molecule has 3 nitrogen and oxygen atoms in total. The summed E-state index contributed by atoms with van der Waals surface area (Å²) < 4.78 is 5.09. The number of rotatable bonds is 3. The molecule has 0 saturated heterocycles. The molecule has 1 N–H and O–H groups in total. The molecule has 5 heteroatoms. The van der Waals surface area contributed by atoms with Crippen LogP contribution in [0.5, 0.6) is 5.75 Å². The fourth-order valence-corrected chi connectivity index (χ4v) is 1.85. The van der Waals surface area contributed by atoms with Gasteiger partial charge < -0.3 is 10.1 Å². The van der Waals surface area contributed by atoms with Gasteiger partial charge >= 0.3 is 0 Å². The third-order valence-electron chi connectivity index (χ3n) is 2.55. The van der Waals surface area contributed by atoms with Crippen LogP contribution in [0.15, 0.2) is 47.4 Å². The van der Waals surface area contributed by atoms with Gasteiger partial charge in [-0.1, -0.05) is 11.6 Å². The van der Waals surface area contributed by atoms with Crippen LogP contribution in [0.3, 0.4) is 0 Å². The van der Waals surface area contributed by atoms with E-state index in [-0.39, 0.29) is 5.91 Å². The summed E-state index contributed by atoms with van der Waals surface area (Å²) in [6, 6.07) is 12.0. The first-order valence-electron chi connectivity index (χ1n) is 5.54. The van der Waals surface area contributed by atoms with Crippen LogP contribution in [0.4, 0.5) is 5.69 Å². The largest absolute Gasteiger partial charge is 0.497 e. The van der Waals surface area contributed by atoms with E-state index in [1.165, 1.54) is 0 Å². The van der Waals surface area contributed by atoms with E-state index < -0.39 is 0 Å². The van der Waals surface area contributed by atoms with Crippen molar-refractivity contribution in [3.63, 3.8) is 0 Å². The summed E-state index contributed by atoms with van der Waals surface area (Å²) in [4.78, 5) is 12.8. The van der Waals surface area contributed by atoms with E-state index >= 15 is 0 Å². The van der Waals surface area contributed by atoms with Crippen molar-refractivity contribution in [1.29, 1.82) is 0 Å². The van der Waals surface area contributed by atoms with Crippen molar-refractivity contribution in [2.45, 2.75) is 4.90 Å². The standard InChI is InChI=1S/C14H12ClNO2S/c1-18-10-4-7-12(15)13(8-10)16-14(17)9-2-5-11(19)6-3-9/h2-8,19H,1H3,(H,16,17). The van der Waals surface area contributed by atoms with E-state index in [1.807, 2.05) is 0 Å². The number of carbonyl (C=O) groups excluding carboxylic acids is 1. The Morgan fingerprint density at radius 3 is 2.53 bits per heavy atom. The molecule has 0 aromatic heterocycles. The highest BCUT2D eigenvalue weighted by Gasteiger charge is 2.09. The van der Waals surface area contributed by atoms with Crippen LogP contribution < -0.4 is 10.1 Å². The van der Waals surface area contributed by atoms with Crippen molar-refractivity contribution in [1.82, 2.24) is 0 Å². The van der Waals surface area contributed by atoms with Crippen LogP contribution >= 0.6 is 24.2 Å². The van der Waals surface area contributed by atoms with Gasteiger partial charge in [-0.2, -0.15) is 0 Å². The molecular formula is C14H12ClNO2S. The summed E-state index contributed by atoms with van der Waals surface area (Å²) in [5.41, 5.74) is 1.05. The Bertz CT molecular complexity index is 599. The molecule has 2 rings (SSSR count). The number of hydrogen-bond acceptors (Lipinski definition) is 3. The molecule has 0 unspecified atom stereocenters. The van der Waals surface area contributed by atoms with Crippen molar-refractivity contribution in [3.05, 3.63) is 53.1 Å². The molecule has 0 heterocycles. The number of nitrogens with one attached hydrogen (secondary N) is 1. The van der Waals surface area contributed by atoms with Gasteiger partial charge in [0.15, 0.2) is 0 Å². The lowest BCUT2D eigenvalue weighted by Gasteiger charge is -2.09. The van der Waals surface area contributed by atoms with Crippen LogP contribution in [0.1, 0.15) is 10.4 Å². The van der Waals surface area contributed by atoms with Crippen LogP contribution in [0.25, 0.3) is 0 Å². The molecule has 98 valence electrons. The number of thiol groups is 1. The van der Waals surface area contributed by atoms with Gasteiger partial charge in [-0.15, -0.1) is 12.6 Å². The topological polar surface area (TPSA) is 38.3 Å². The molecule has 19 heavy (non-hydrogen) atoms. The van der Waals surface area contributed by atoms with Gasteiger partial charge in [0.25, 0.3) is 5.91 Å². The average Bonchev–Trinajstić information content (AvgIpc) is 2.42. The number of carbonyl (C=O) groups is 1. The molecule has 0 bridgehead atoms. The molecule has 0 saturated carbocycles. The van der Waals surface area contributed by atoms with Gasteiger partial charge in [0.05, 0.1) is 17.8 Å². The second-order valence-corrected chi connectivity index (χ2v) is 4.77. The molecule has 0 atom stereocenters. The van der Waals surface area contributed by atoms with Crippen molar-refractivity contribution in [2.75, 3.05) is 12.4 Å². The van der Waals surface area contributed by atoms with Gasteiger partial charge in [-0.05, 0) is 36.4 Å². The lowest BCUT2D eigenvalue weighted by atomic mass is 10.2. The lowest BCUT2D eigenvalue weighted by molar-refractivity contribution is 0.102. The highest BCUT2D eigenvalue weighted by Crippen LogP contribution is 2.27. The smallest absolute Gasteiger partial charge is 0.255 e. The third-order valence-corrected chi connectivity index (χ3v) is 3.18. The van der Waals surface area contributed by atoms with Crippen molar-refractivity contribution in [3.8, 4) is 5.75 Å². The predicted octanol–water partition coefficient (Wildman–Crippen LogP) is 3.89. The Labute approximate surface area is 122 Å². The summed E-state index contributed by atoms with van der Waals surface area (Å²) in [6.45, 7) is 0. The Morgan fingerprint density at radius 1 is 1.21 bits per heavy atom. The summed E-state index contributed by atoms with van der Waals surface area (Å²) in [5, 5.41) is 3.20. The van der Waals surface area contributed by atoms with Crippen LogP contribution in [0, 0.1) is 0 Å². The maximum atomic E-state index is 12.0. The number of halogens is 1. The Kier molecular flexibility index (Phi) is 4.35. The third kappa shape index (κ3) is 3.43. The van der Waals surface area contributed by atoms with Crippen molar-refractivity contribution >= 4 is 35.8 Å². The number of benzene rings is 2. The van der Waals surface area contributed by atoms with Gasteiger partial charge in [0.2, 0.25) is 0 Å². The molecular weight excluding hydrogens is 282 g/mol. The summed E-state index contributed by atoms with van der Waals surface area (Å²) in [6.07, 6.45) is 0. The molecule has 0 aliphatic carbocycles. The van der Waals surface area contributed by atoms with E-state index in [0.29, 0.717) is 22.0 Å². The second kappa shape index (κ2) is 5.99. The van der Waals surface area contributed by atoms with E-state index in [2.05, 4.69) is 17.9 Å². The fraction of sp³-hybridized carbons (Fsp3) is 0.0714. The predicted molar refractivity (Wildman–Crippen MR) is 79.7 cm³/mol. The van der Waals surface area contributed by atoms with E-state index in [4.69, 9.17) is 16.3 Å². The monoisotopic (exact) mass is 293 g/mol. The Balaban J connectivity index is 2.21. The summed E-state index contributed by atoms with van der Waals surface area (Å²) >= 11 is 10.2. The number of amides is 1. The SMILES string of the molecule is COc1ccc(Cl)c(NC(=O)c2ccc(S)cc2)c1. The number of hydrogen-bond donors (Lipinski definition) is 2. The molecule has 2 aromatic carbocycles. The van der Waals surface area contributed by atoms with Crippen LogP contribution in [0.2, 0.25) is 5.02 Å². The minimum atomic E-state index is -0.233. The fourth-order valence-electron chi connectivity index (χ4n) is 1.53. The molecule has 2 aromatic rings. The molecule has 0 aliphatic rings. The summed E-state index contributed by atoms with van der Waals surface area (Å²) in [5.74, 6) is 0.397. The second-order valence-electron chi connectivity index (χ2n) is 3.85. The van der Waals surface area contributed by atoms with Gasteiger partial charge in [-0.25, -0.2) is 0 Å². The molecule has 0 spiro atoms. The summed E-state index contributed by atoms with van der Waals surface area (Å²) in [7, 11) is 1.56. The highest BCUT2D eigenvalue weighted by atomic mass is 35.5. The van der Waals surface area contributed by atoms with Gasteiger partial charge in [-0.3, -0.25) is 4.79 Å². The minimum Gasteiger partial charge on any atom is -0.497 e. The maximum Gasteiger partial charge on any atom is 0.255 e. The maximum absolute atomic E-state index is 12.0. The zero-order valence-electron chi connectivity index (χ0n) is 10.2. The first-order chi connectivity index (χ1) is 9.10. The van der Waals surface area contributed by atoms with E-state index in [1.54, 1.807) is 49.6 Å². The first-order valence-corrected chi connectivity index (χ1v) is 6.36. The Hall–Kier alpha value is -1.65. The highest BCUT2D eigenvalue weighted by molar-refractivity contribution is 7.80. The lowest BCUT2D eigenvalue weighted by Crippen LogP contribution is -2.12.